The lowest BCUT2D eigenvalue weighted by atomic mass is 10.2. The second-order valence-corrected chi connectivity index (χ2v) is 7.12. The molecule has 2 aromatic rings. The van der Waals surface area contributed by atoms with Crippen LogP contribution in [0.1, 0.15) is 18.7 Å². The summed E-state index contributed by atoms with van der Waals surface area (Å²) in [5.74, 6) is 2.76. The van der Waals surface area contributed by atoms with Crippen LogP contribution in [0.5, 0.6) is 0 Å². The van der Waals surface area contributed by atoms with Crippen molar-refractivity contribution < 1.29 is 9.26 Å². The molecule has 0 bridgehead atoms. The van der Waals surface area contributed by atoms with Crippen LogP contribution >= 0.6 is 35.6 Å². The van der Waals surface area contributed by atoms with Crippen molar-refractivity contribution in [1.82, 2.24) is 20.4 Å². The summed E-state index contributed by atoms with van der Waals surface area (Å²) in [5.41, 5.74) is 0.879. The van der Waals surface area contributed by atoms with Crippen LogP contribution in [0.25, 0.3) is 11.4 Å². The van der Waals surface area contributed by atoms with Gasteiger partial charge in [0.05, 0.1) is 6.61 Å². The van der Waals surface area contributed by atoms with Gasteiger partial charge in [-0.1, -0.05) is 16.8 Å². The van der Waals surface area contributed by atoms with E-state index in [1.165, 1.54) is 12.8 Å². The van der Waals surface area contributed by atoms with E-state index in [1.54, 1.807) is 7.05 Å². The van der Waals surface area contributed by atoms with Gasteiger partial charge in [0.2, 0.25) is 11.7 Å². The van der Waals surface area contributed by atoms with E-state index in [9.17, 15) is 0 Å². The molecular formula is C19H27ClIN5O2. The minimum Gasteiger partial charge on any atom is -0.379 e. The topological polar surface area (TPSA) is 75.8 Å². The van der Waals surface area contributed by atoms with Crippen molar-refractivity contribution in [2.75, 3.05) is 40.4 Å². The summed E-state index contributed by atoms with van der Waals surface area (Å²) in [6.45, 7) is 3.05. The molecule has 0 aliphatic heterocycles. The Balaban J connectivity index is 0.00000280. The zero-order valence-corrected chi connectivity index (χ0v) is 19.3. The van der Waals surface area contributed by atoms with E-state index in [4.69, 9.17) is 20.9 Å². The summed E-state index contributed by atoms with van der Waals surface area (Å²) in [6, 6.07) is 7.36. The van der Waals surface area contributed by atoms with Gasteiger partial charge < -0.3 is 19.5 Å². The first kappa shape index (κ1) is 22.9. The van der Waals surface area contributed by atoms with Crippen LogP contribution in [0.4, 0.5) is 0 Å². The van der Waals surface area contributed by atoms with Crippen LogP contribution in [0.3, 0.4) is 0 Å². The third-order valence-corrected chi connectivity index (χ3v) is 4.64. The van der Waals surface area contributed by atoms with Crippen molar-refractivity contribution in [2.24, 2.45) is 10.9 Å². The zero-order chi connectivity index (χ0) is 19.1. The summed E-state index contributed by atoms with van der Waals surface area (Å²) >= 11 is 5.90. The predicted octanol–water partition coefficient (Wildman–Crippen LogP) is 3.48. The lowest BCUT2D eigenvalue weighted by molar-refractivity contribution is 0.115. The van der Waals surface area contributed by atoms with Gasteiger partial charge in [-0.3, -0.25) is 4.99 Å². The maximum Gasteiger partial charge on any atom is 0.228 e. The number of likely N-dealkylation sites (N-methyl/N-ethyl adjacent to an activating group) is 1. The number of aliphatic imine (C=N–C) groups is 1. The Hall–Kier alpha value is -1.39. The third-order valence-electron chi connectivity index (χ3n) is 4.39. The van der Waals surface area contributed by atoms with E-state index in [-0.39, 0.29) is 24.0 Å². The number of hydrogen-bond acceptors (Lipinski definition) is 5. The highest BCUT2D eigenvalue weighted by molar-refractivity contribution is 14.0. The lowest BCUT2D eigenvalue weighted by Crippen LogP contribution is -2.41. The van der Waals surface area contributed by atoms with Crippen molar-refractivity contribution >= 4 is 41.5 Å². The Bertz CT molecular complexity index is 749. The smallest absolute Gasteiger partial charge is 0.228 e. The molecule has 9 heteroatoms. The molecule has 0 radical (unpaired) electrons. The van der Waals surface area contributed by atoms with Crippen molar-refractivity contribution in [3.05, 3.63) is 35.2 Å². The van der Waals surface area contributed by atoms with Gasteiger partial charge in [-0.2, -0.15) is 4.98 Å². The van der Waals surface area contributed by atoms with Crippen molar-refractivity contribution in [3.63, 3.8) is 0 Å². The van der Waals surface area contributed by atoms with Crippen LogP contribution in [-0.4, -0.2) is 61.4 Å². The van der Waals surface area contributed by atoms with E-state index in [1.807, 2.05) is 31.3 Å². The average molecular weight is 520 g/mol. The molecular weight excluding hydrogens is 493 g/mol. The fourth-order valence-electron chi connectivity index (χ4n) is 2.58. The highest BCUT2D eigenvalue weighted by atomic mass is 127. The maximum absolute atomic E-state index is 5.90. The summed E-state index contributed by atoms with van der Waals surface area (Å²) in [5, 5.41) is 8.02. The molecule has 1 fully saturated rings. The number of rotatable bonds is 9. The van der Waals surface area contributed by atoms with E-state index < -0.39 is 0 Å². The zero-order valence-electron chi connectivity index (χ0n) is 16.2. The van der Waals surface area contributed by atoms with Crippen molar-refractivity contribution in [2.45, 2.75) is 19.3 Å². The highest BCUT2D eigenvalue weighted by Crippen LogP contribution is 2.28. The number of halogens is 2. The van der Waals surface area contributed by atoms with Crippen LogP contribution in [0.2, 0.25) is 5.02 Å². The minimum absolute atomic E-state index is 0. The Labute approximate surface area is 187 Å². The van der Waals surface area contributed by atoms with E-state index in [0.717, 1.165) is 30.6 Å². The lowest BCUT2D eigenvalue weighted by Gasteiger charge is -2.21. The summed E-state index contributed by atoms with van der Waals surface area (Å²) in [7, 11) is 3.77. The largest absolute Gasteiger partial charge is 0.379 e. The van der Waals surface area contributed by atoms with Gasteiger partial charge in [0, 0.05) is 50.8 Å². The standard InChI is InChI=1S/C19H26ClN5O2.HI/c1-21-19(25(2)11-12-26-13-14-3-4-14)22-10-9-17-23-18(24-27-17)15-5-7-16(20)8-6-15;/h5-8,14H,3-4,9-13H2,1-2H3,(H,21,22);1H. The molecule has 1 heterocycles. The molecule has 1 aliphatic rings. The van der Waals surface area contributed by atoms with Gasteiger partial charge in [-0.05, 0) is 43.0 Å². The van der Waals surface area contributed by atoms with Crippen molar-refractivity contribution in [3.8, 4) is 11.4 Å². The fourth-order valence-corrected chi connectivity index (χ4v) is 2.71. The first-order valence-corrected chi connectivity index (χ1v) is 9.61. The maximum atomic E-state index is 5.90. The van der Waals surface area contributed by atoms with Crippen LogP contribution in [0, 0.1) is 5.92 Å². The predicted molar refractivity (Wildman–Crippen MR) is 121 cm³/mol. The summed E-state index contributed by atoms with van der Waals surface area (Å²) < 4.78 is 11.0. The number of aromatic nitrogens is 2. The third kappa shape index (κ3) is 7.21. The van der Waals surface area contributed by atoms with E-state index in [2.05, 4.69) is 25.3 Å². The molecule has 3 rings (SSSR count). The van der Waals surface area contributed by atoms with E-state index in [0.29, 0.717) is 36.3 Å². The van der Waals surface area contributed by atoms with Crippen LogP contribution in [-0.2, 0) is 11.2 Å². The summed E-state index contributed by atoms with van der Waals surface area (Å²) in [6.07, 6.45) is 3.24. The molecule has 0 saturated heterocycles. The molecule has 0 atom stereocenters. The molecule has 1 aliphatic carbocycles. The highest BCUT2D eigenvalue weighted by Gasteiger charge is 2.21. The summed E-state index contributed by atoms with van der Waals surface area (Å²) in [4.78, 5) is 10.8. The van der Waals surface area contributed by atoms with Gasteiger partial charge in [-0.15, -0.1) is 24.0 Å². The number of benzene rings is 1. The minimum atomic E-state index is 0. The molecule has 1 aromatic carbocycles. The monoisotopic (exact) mass is 519 g/mol. The molecule has 0 amide bonds. The Morgan fingerprint density at radius 1 is 1.36 bits per heavy atom. The molecule has 7 nitrogen and oxygen atoms in total. The van der Waals surface area contributed by atoms with Gasteiger partial charge >= 0.3 is 0 Å². The van der Waals surface area contributed by atoms with Gasteiger partial charge in [0.1, 0.15) is 0 Å². The first-order valence-electron chi connectivity index (χ1n) is 9.23. The van der Waals surface area contributed by atoms with Crippen LogP contribution < -0.4 is 5.32 Å². The molecule has 1 saturated carbocycles. The second-order valence-electron chi connectivity index (χ2n) is 6.68. The Morgan fingerprint density at radius 2 is 2.11 bits per heavy atom. The normalized spacial score (nSPS) is 13.9. The average Bonchev–Trinajstić information content (AvgIpc) is 3.39. The van der Waals surface area contributed by atoms with Crippen LogP contribution in [0.15, 0.2) is 33.8 Å². The number of ether oxygens (including phenoxy) is 1. The molecule has 1 N–H and O–H groups in total. The van der Waals surface area contributed by atoms with Crippen molar-refractivity contribution in [1.29, 1.82) is 0 Å². The number of nitrogens with zero attached hydrogens (tertiary/aromatic N) is 4. The van der Waals surface area contributed by atoms with Gasteiger partial charge in [0.25, 0.3) is 0 Å². The molecule has 0 unspecified atom stereocenters. The number of hydrogen-bond donors (Lipinski definition) is 1. The number of guanidine groups is 1. The van der Waals surface area contributed by atoms with E-state index >= 15 is 0 Å². The van der Waals surface area contributed by atoms with Gasteiger partial charge in [-0.25, -0.2) is 0 Å². The SMILES string of the molecule is CN=C(NCCc1nc(-c2ccc(Cl)cc2)no1)N(C)CCOCC1CC1.I. The Morgan fingerprint density at radius 3 is 2.79 bits per heavy atom. The quantitative estimate of drug-likeness (QED) is 0.237. The Kier molecular flexibility index (Phi) is 9.46. The number of nitrogens with one attached hydrogen (secondary N) is 1. The second kappa shape index (κ2) is 11.6. The molecule has 154 valence electrons. The molecule has 0 spiro atoms. The molecule has 1 aromatic heterocycles. The first-order chi connectivity index (χ1) is 13.2. The van der Waals surface area contributed by atoms with Gasteiger partial charge in [0.15, 0.2) is 5.96 Å². The fraction of sp³-hybridized carbons (Fsp3) is 0.526. The molecule has 28 heavy (non-hydrogen) atoms.